The van der Waals surface area contributed by atoms with Crippen molar-refractivity contribution in [1.29, 1.82) is 0 Å². The van der Waals surface area contributed by atoms with Crippen LogP contribution in [0.15, 0.2) is 24.3 Å². The van der Waals surface area contributed by atoms with E-state index in [-0.39, 0.29) is 18.5 Å². The number of allylic oxidation sites excluding steroid dienone is 4. The van der Waals surface area contributed by atoms with Crippen molar-refractivity contribution < 1.29 is 24.5 Å². The Hall–Kier alpha value is -1.66. The van der Waals surface area contributed by atoms with E-state index in [1.165, 1.54) is 250 Å². The van der Waals surface area contributed by atoms with Crippen LogP contribution in [0.25, 0.3) is 0 Å². The van der Waals surface area contributed by atoms with E-state index in [1.807, 2.05) is 0 Å². The minimum Gasteiger partial charge on any atom is -0.466 e. The Balaban J connectivity index is 3.43. The zero-order valence-electron chi connectivity index (χ0n) is 46.6. The van der Waals surface area contributed by atoms with E-state index in [1.54, 1.807) is 0 Å². The summed E-state index contributed by atoms with van der Waals surface area (Å²) in [6, 6.07) is -0.548. The minimum absolute atomic E-state index is 0.00948. The highest BCUT2D eigenvalue weighted by Gasteiger charge is 2.20. The predicted octanol–water partition coefficient (Wildman–Crippen LogP) is 19.4. The highest BCUT2D eigenvalue weighted by atomic mass is 16.5. The van der Waals surface area contributed by atoms with Gasteiger partial charge in [-0.25, -0.2) is 0 Å². The third-order valence-electron chi connectivity index (χ3n) is 14.5. The second-order valence-corrected chi connectivity index (χ2v) is 21.4. The maximum Gasteiger partial charge on any atom is 0.305 e. The fraction of sp³-hybridized carbons (Fsp3) is 0.905. The lowest BCUT2D eigenvalue weighted by atomic mass is 10.0. The Morgan fingerprint density at radius 2 is 0.725 bits per heavy atom. The van der Waals surface area contributed by atoms with Gasteiger partial charge in [-0.05, 0) is 57.8 Å². The van der Waals surface area contributed by atoms with Crippen molar-refractivity contribution in [3.05, 3.63) is 24.3 Å². The largest absolute Gasteiger partial charge is 0.466 e. The van der Waals surface area contributed by atoms with E-state index in [4.69, 9.17) is 4.74 Å². The number of unbranched alkanes of at least 4 members (excludes halogenated alkanes) is 43. The van der Waals surface area contributed by atoms with E-state index < -0.39 is 12.1 Å². The lowest BCUT2D eigenvalue weighted by Crippen LogP contribution is -2.45. The fourth-order valence-electron chi connectivity index (χ4n) is 9.73. The average Bonchev–Trinajstić information content (AvgIpc) is 3.35. The molecular formula is C63H121NO5. The first-order valence-electron chi connectivity index (χ1n) is 31.1. The number of amides is 1. The van der Waals surface area contributed by atoms with Crippen LogP contribution in [0.3, 0.4) is 0 Å². The number of carbonyl (C=O) groups is 2. The molecule has 0 spiro atoms. The molecule has 0 aromatic heterocycles. The molecule has 0 bridgehead atoms. The summed E-state index contributed by atoms with van der Waals surface area (Å²) >= 11 is 0. The summed E-state index contributed by atoms with van der Waals surface area (Å²) in [6.07, 6.45) is 71.7. The summed E-state index contributed by atoms with van der Waals surface area (Å²) in [5.41, 5.74) is 0. The van der Waals surface area contributed by atoms with Crippen LogP contribution in [0.1, 0.15) is 341 Å². The first-order chi connectivity index (χ1) is 34.0. The van der Waals surface area contributed by atoms with Gasteiger partial charge in [-0.1, -0.05) is 295 Å². The summed E-state index contributed by atoms with van der Waals surface area (Å²) in [5, 5.41) is 23.4. The van der Waals surface area contributed by atoms with E-state index in [9.17, 15) is 19.8 Å². The van der Waals surface area contributed by atoms with Gasteiger partial charge in [0, 0.05) is 12.8 Å². The van der Waals surface area contributed by atoms with E-state index in [2.05, 4.69) is 43.5 Å². The van der Waals surface area contributed by atoms with Crippen molar-refractivity contribution in [3.8, 4) is 0 Å². The van der Waals surface area contributed by atoms with E-state index >= 15 is 0 Å². The van der Waals surface area contributed by atoms with Crippen LogP contribution in [0.5, 0.6) is 0 Å². The van der Waals surface area contributed by atoms with E-state index in [0.717, 1.165) is 57.8 Å². The molecular weight excluding hydrogens is 851 g/mol. The van der Waals surface area contributed by atoms with Crippen molar-refractivity contribution in [2.45, 2.75) is 353 Å². The van der Waals surface area contributed by atoms with Gasteiger partial charge in [-0.2, -0.15) is 0 Å². The monoisotopic (exact) mass is 972 g/mol. The van der Waals surface area contributed by atoms with Crippen LogP contribution >= 0.6 is 0 Å². The molecule has 0 aromatic carbocycles. The van der Waals surface area contributed by atoms with Crippen molar-refractivity contribution >= 4 is 11.9 Å². The number of esters is 1. The Morgan fingerprint density at radius 1 is 0.406 bits per heavy atom. The molecule has 408 valence electrons. The second-order valence-electron chi connectivity index (χ2n) is 21.4. The normalized spacial score (nSPS) is 12.7. The van der Waals surface area contributed by atoms with Gasteiger partial charge in [0.05, 0.1) is 25.4 Å². The lowest BCUT2D eigenvalue weighted by Gasteiger charge is -2.22. The molecule has 0 saturated heterocycles. The SMILES string of the molecule is CCCCCC/C=C\C/C=C\CCCCCCCC(=O)OCCCCCCCCCCCCCCCCCCC(=O)NC(CO)C(O)CCCCCCCCCCCCCCCCCCCCCC. The molecule has 0 radical (unpaired) electrons. The summed E-state index contributed by atoms with van der Waals surface area (Å²) < 4.78 is 5.48. The standard InChI is InChI=1S/C63H121NO5/c1-3-5-7-9-11-13-15-17-19-21-22-23-24-27-31-35-39-43-47-51-55-61(66)60(59-65)64-62(67)56-52-48-44-40-36-32-28-25-26-30-34-38-42-46-50-54-58-69-63(68)57-53-49-45-41-37-33-29-20-18-16-14-12-10-8-6-4-2/h14,16,20,29,60-61,65-66H,3-13,15,17-19,21-28,30-59H2,1-2H3,(H,64,67)/b16-14-,29-20-. The summed E-state index contributed by atoms with van der Waals surface area (Å²) in [4.78, 5) is 24.6. The quantitative estimate of drug-likeness (QED) is 0.0321. The van der Waals surface area contributed by atoms with Crippen LogP contribution < -0.4 is 5.32 Å². The van der Waals surface area contributed by atoms with Gasteiger partial charge in [0.25, 0.3) is 0 Å². The highest BCUT2D eigenvalue weighted by molar-refractivity contribution is 5.76. The van der Waals surface area contributed by atoms with Crippen LogP contribution in [0.4, 0.5) is 0 Å². The van der Waals surface area contributed by atoms with Gasteiger partial charge in [-0.15, -0.1) is 0 Å². The molecule has 0 aromatic rings. The number of nitrogens with one attached hydrogen (secondary N) is 1. The molecule has 0 rings (SSSR count). The molecule has 1 amide bonds. The summed E-state index contributed by atoms with van der Waals surface area (Å²) in [7, 11) is 0. The molecule has 6 nitrogen and oxygen atoms in total. The molecule has 0 aliphatic heterocycles. The number of hydrogen-bond donors (Lipinski definition) is 3. The van der Waals surface area contributed by atoms with Crippen LogP contribution in [-0.4, -0.2) is 47.4 Å². The third-order valence-corrected chi connectivity index (χ3v) is 14.5. The Kier molecular flexibility index (Phi) is 57.5. The average molecular weight is 973 g/mol. The zero-order valence-corrected chi connectivity index (χ0v) is 46.6. The predicted molar refractivity (Wildman–Crippen MR) is 301 cm³/mol. The number of ether oxygens (including phenoxy) is 1. The molecule has 2 atom stereocenters. The number of rotatable bonds is 58. The molecule has 0 heterocycles. The molecule has 0 aliphatic carbocycles. The zero-order chi connectivity index (χ0) is 50.0. The number of aliphatic hydroxyl groups excluding tert-OH is 2. The first kappa shape index (κ1) is 67.3. The highest BCUT2D eigenvalue weighted by Crippen LogP contribution is 2.18. The smallest absolute Gasteiger partial charge is 0.305 e. The number of aliphatic hydroxyl groups is 2. The van der Waals surface area contributed by atoms with E-state index in [0.29, 0.717) is 25.9 Å². The van der Waals surface area contributed by atoms with Gasteiger partial charge in [-0.3, -0.25) is 9.59 Å². The Bertz CT molecular complexity index is 1080. The van der Waals surface area contributed by atoms with Crippen molar-refractivity contribution in [2.75, 3.05) is 13.2 Å². The number of carbonyl (C=O) groups excluding carboxylic acids is 2. The maximum atomic E-state index is 12.5. The van der Waals surface area contributed by atoms with Crippen LogP contribution in [-0.2, 0) is 14.3 Å². The number of hydrogen-bond acceptors (Lipinski definition) is 5. The summed E-state index contributed by atoms with van der Waals surface area (Å²) in [5.74, 6) is -0.0486. The van der Waals surface area contributed by atoms with Gasteiger partial charge >= 0.3 is 5.97 Å². The molecule has 0 aliphatic rings. The van der Waals surface area contributed by atoms with Gasteiger partial charge in [0.15, 0.2) is 0 Å². The second kappa shape index (κ2) is 58.9. The summed E-state index contributed by atoms with van der Waals surface area (Å²) in [6.45, 7) is 4.94. The Morgan fingerprint density at radius 3 is 1.12 bits per heavy atom. The Labute approximate surface area is 431 Å². The lowest BCUT2D eigenvalue weighted by molar-refractivity contribution is -0.143. The van der Waals surface area contributed by atoms with Gasteiger partial charge < -0.3 is 20.3 Å². The van der Waals surface area contributed by atoms with Crippen LogP contribution in [0, 0.1) is 0 Å². The van der Waals surface area contributed by atoms with Crippen molar-refractivity contribution in [2.24, 2.45) is 0 Å². The molecule has 2 unspecified atom stereocenters. The van der Waals surface area contributed by atoms with Crippen LogP contribution in [0.2, 0.25) is 0 Å². The van der Waals surface area contributed by atoms with Gasteiger partial charge in [0.1, 0.15) is 0 Å². The first-order valence-corrected chi connectivity index (χ1v) is 31.1. The third kappa shape index (κ3) is 55.5. The van der Waals surface area contributed by atoms with Crippen molar-refractivity contribution in [1.82, 2.24) is 5.32 Å². The topological polar surface area (TPSA) is 95.9 Å². The minimum atomic E-state index is -0.670. The molecule has 6 heteroatoms. The fourth-order valence-corrected chi connectivity index (χ4v) is 9.73. The van der Waals surface area contributed by atoms with Crippen molar-refractivity contribution in [3.63, 3.8) is 0 Å². The molecule has 69 heavy (non-hydrogen) atoms. The molecule has 3 N–H and O–H groups in total. The molecule has 0 saturated carbocycles. The molecule has 0 fully saturated rings. The maximum absolute atomic E-state index is 12.5. The van der Waals surface area contributed by atoms with Gasteiger partial charge in [0.2, 0.25) is 5.91 Å².